The van der Waals surface area contributed by atoms with Gasteiger partial charge in [0.15, 0.2) is 0 Å². The molecule has 31 heavy (non-hydrogen) atoms. The van der Waals surface area contributed by atoms with Gasteiger partial charge < -0.3 is 14.9 Å². The fourth-order valence-electron chi connectivity index (χ4n) is 3.30. The fourth-order valence-corrected chi connectivity index (χ4v) is 3.30. The lowest BCUT2D eigenvalue weighted by molar-refractivity contribution is -0.159. The SMILES string of the molecule is C(#CCN1CCOCC1)C=C1c2ccccc2C=Cc2ccccc21.O=C(O)C(=O)O. The fraction of sp³-hybridized carbons (Fsp3) is 0.200. The van der Waals surface area contributed by atoms with E-state index in [9.17, 15) is 0 Å². The van der Waals surface area contributed by atoms with E-state index in [4.69, 9.17) is 24.5 Å². The second-order valence-corrected chi connectivity index (χ2v) is 6.89. The van der Waals surface area contributed by atoms with Gasteiger partial charge in [-0.05, 0) is 33.9 Å². The van der Waals surface area contributed by atoms with Crippen LogP contribution in [0.3, 0.4) is 0 Å². The van der Waals surface area contributed by atoms with Crippen molar-refractivity contribution in [3.63, 3.8) is 0 Å². The van der Waals surface area contributed by atoms with Crippen LogP contribution < -0.4 is 0 Å². The van der Waals surface area contributed by atoms with Gasteiger partial charge in [0.1, 0.15) is 0 Å². The molecule has 0 atom stereocenters. The number of carboxylic acids is 2. The summed E-state index contributed by atoms with van der Waals surface area (Å²) >= 11 is 0. The first kappa shape index (κ1) is 22.0. The highest BCUT2D eigenvalue weighted by molar-refractivity contribution is 6.27. The molecule has 1 aliphatic heterocycles. The van der Waals surface area contributed by atoms with Crippen molar-refractivity contribution >= 4 is 29.7 Å². The molecular formula is C25H23NO5. The molecule has 0 bridgehead atoms. The predicted molar refractivity (Wildman–Crippen MR) is 119 cm³/mol. The first-order valence-electron chi connectivity index (χ1n) is 9.88. The molecule has 6 nitrogen and oxygen atoms in total. The lowest BCUT2D eigenvalue weighted by Gasteiger charge is -2.24. The van der Waals surface area contributed by atoms with E-state index in [0.29, 0.717) is 0 Å². The van der Waals surface area contributed by atoms with Crippen molar-refractivity contribution in [3.05, 3.63) is 76.9 Å². The molecule has 2 aromatic carbocycles. The molecule has 1 heterocycles. The average molecular weight is 417 g/mol. The molecule has 0 unspecified atom stereocenters. The van der Waals surface area contributed by atoms with Crippen molar-refractivity contribution in [1.82, 2.24) is 4.90 Å². The molecule has 2 aliphatic rings. The van der Waals surface area contributed by atoms with E-state index in [-0.39, 0.29) is 0 Å². The highest BCUT2D eigenvalue weighted by atomic mass is 16.5. The molecule has 1 aliphatic carbocycles. The Morgan fingerprint density at radius 1 is 0.903 bits per heavy atom. The molecule has 0 spiro atoms. The minimum absolute atomic E-state index is 0.800. The zero-order valence-electron chi connectivity index (χ0n) is 17.0. The molecule has 0 radical (unpaired) electrons. The molecule has 4 rings (SSSR count). The van der Waals surface area contributed by atoms with E-state index >= 15 is 0 Å². The van der Waals surface area contributed by atoms with Crippen LogP contribution in [0.1, 0.15) is 22.3 Å². The number of morpholine rings is 1. The van der Waals surface area contributed by atoms with Gasteiger partial charge >= 0.3 is 11.9 Å². The summed E-state index contributed by atoms with van der Waals surface area (Å²) in [6.45, 7) is 4.38. The van der Waals surface area contributed by atoms with Crippen LogP contribution in [0.4, 0.5) is 0 Å². The number of carboxylic acid groups (broad SMARTS) is 2. The van der Waals surface area contributed by atoms with E-state index < -0.39 is 11.9 Å². The lowest BCUT2D eigenvalue weighted by Crippen LogP contribution is -2.36. The van der Waals surface area contributed by atoms with E-state index in [1.807, 2.05) is 0 Å². The summed E-state index contributed by atoms with van der Waals surface area (Å²) < 4.78 is 5.38. The van der Waals surface area contributed by atoms with Crippen LogP contribution in [0.2, 0.25) is 0 Å². The van der Waals surface area contributed by atoms with E-state index in [0.717, 1.165) is 32.8 Å². The summed E-state index contributed by atoms with van der Waals surface area (Å²) in [5, 5.41) is 14.8. The Labute approximate surface area is 181 Å². The van der Waals surface area contributed by atoms with Crippen LogP contribution in [0.15, 0.2) is 54.6 Å². The van der Waals surface area contributed by atoms with Gasteiger partial charge in [0.25, 0.3) is 0 Å². The standard InChI is InChI=1S/C23H21NO.C2H2O4/c1-3-9-21-19(7-1)12-13-20-8-2-4-10-22(20)23(21)11-5-6-14-24-15-17-25-18-16-24;3-1(4)2(5)6/h1-4,7-13H,14-18H2;(H,3,4)(H,5,6). The van der Waals surface area contributed by atoms with Crippen molar-refractivity contribution in [1.29, 1.82) is 0 Å². The van der Waals surface area contributed by atoms with Crippen LogP contribution in [0.25, 0.3) is 17.7 Å². The molecule has 6 heteroatoms. The first-order chi connectivity index (χ1) is 15.1. The van der Waals surface area contributed by atoms with Crippen LogP contribution >= 0.6 is 0 Å². The van der Waals surface area contributed by atoms with Crippen LogP contribution in [-0.2, 0) is 14.3 Å². The van der Waals surface area contributed by atoms with Gasteiger partial charge in [-0.25, -0.2) is 9.59 Å². The second kappa shape index (κ2) is 10.9. The number of nitrogens with zero attached hydrogens (tertiary/aromatic N) is 1. The number of hydrogen-bond donors (Lipinski definition) is 2. The van der Waals surface area contributed by atoms with Gasteiger partial charge in [-0.15, -0.1) is 0 Å². The van der Waals surface area contributed by atoms with E-state index in [1.165, 1.54) is 27.8 Å². The van der Waals surface area contributed by atoms with Gasteiger partial charge in [-0.3, -0.25) is 4.90 Å². The number of carbonyl (C=O) groups is 2. The largest absolute Gasteiger partial charge is 0.473 e. The molecular weight excluding hydrogens is 394 g/mol. The average Bonchev–Trinajstić information content (AvgIpc) is 2.95. The van der Waals surface area contributed by atoms with Gasteiger partial charge in [0.05, 0.1) is 19.8 Å². The predicted octanol–water partition coefficient (Wildman–Crippen LogP) is 3.09. The Balaban J connectivity index is 0.000000401. The summed E-state index contributed by atoms with van der Waals surface area (Å²) in [6, 6.07) is 17.0. The van der Waals surface area contributed by atoms with Gasteiger partial charge in [-0.2, -0.15) is 0 Å². The zero-order valence-corrected chi connectivity index (χ0v) is 17.0. The normalized spacial score (nSPS) is 14.5. The number of aliphatic carboxylic acids is 2. The Hall–Kier alpha value is -3.66. The summed E-state index contributed by atoms with van der Waals surface area (Å²) in [5.41, 5.74) is 6.15. The second-order valence-electron chi connectivity index (χ2n) is 6.89. The first-order valence-corrected chi connectivity index (χ1v) is 9.88. The minimum atomic E-state index is -1.82. The Bertz CT molecular complexity index is 1010. The van der Waals surface area contributed by atoms with Gasteiger partial charge in [0.2, 0.25) is 0 Å². The van der Waals surface area contributed by atoms with Gasteiger partial charge in [0, 0.05) is 13.1 Å². The smallest absolute Gasteiger partial charge is 0.414 e. The van der Waals surface area contributed by atoms with Crippen LogP contribution in [0, 0.1) is 11.8 Å². The summed E-state index contributed by atoms with van der Waals surface area (Å²) in [5.74, 6) is 2.95. The van der Waals surface area contributed by atoms with Crippen LogP contribution in [-0.4, -0.2) is 59.9 Å². The number of rotatable bonds is 1. The van der Waals surface area contributed by atoms with Crippen molar-refractivity contribution in [2.24, 2.45) is 0 Å². The molecule has 2 aromatic rings. The van der Waals surface area contributed by atoms with E-state index in [1.54, 1.807) is 0 Å². The maximum atomic E-state index is 9.10. The summed E-state index contributed by atoms with van der Waals surface area (Å²) in [7, 11) is 0. The van der Waals surface area contributed by atoms with Crippen molar-refractivity contribution in [3.8, 4) is 11.8 Å². The summed E-state index contributed by atoms with van der Waals surface area (Å²) in [4.78, 5) is 20.5. The molecule has 1 saturated heterocycles. The molecule has 0 aromatic heterocycles. The highest BCUT2D eigenvalue weighted by Gasteiger charge is 2.13. The molecule has 0 amide bonds. The van der Waals surface area contributed by atoms with E-state index in [2.05, 4.69) is 83.5 Å². The lowest BCUT2D eigenvalue weighted by atomic mass is 9.93. The molecule has 158 valence electrons. The van der Waals surface area contributed by atoms with Crippen molar-refractivity contribution < 1.29 is 24.5 Å². The number of ether oxygens (including phenoxy) is 1. The van der Waals surface area contributed by atoms with Crippen molar-refractivity contribution in [2.75, 3.05) is 32.8 Å². The zero-order chi connectivity index (χ0) is 22.1. The third-order valence-corrected chi connectivity index (χ3v) is 4.85. The topological polar surface area (TPSA) is 87.1 Å². The monoisotopic (exact) mass is 417 g/mol. The van der Waals surface area contributed by atoms with Crippen LogP contribution in [0.5, 0.6) is 0 Å². The maximum Gasteiger partial charge on any atom is 0.414 e. The Morgan fingerprint density at radius 3 is 1.94 bits per heavy atom. The van der Waals surface area contributed by atoms with Gasteiger partial charge in [-0.1, -0.05) is 72.5 Å². The third kappa shape index (κ3) is 6.16. The summed E-state index contributed by atoms with van der Waals surface area (Å²) in [6.07, 6.45) is 6.46. The van der Waals surface area contributed by atoms with Crippen molar-refractivity contribution in [2.45, 2.75) is 0 Å². The number of hydrogen-bond acceptors (Lipinski definition) is 4. The Kier molecular flexibility index (Phi) is 7.77. The molecule has 1 fully saturated rings. The molecule has 2 N–H and O–H groups in total. The Morgan fingerprint density at radius 2 is 1.42 bits per heavy atom. The minimum Gasteiger partial charge on any atom is -0.473 e. The third-order valence-electron chi connectivity index (χ3n) is 4.85. The maximum absolute atomic E-state index is 9.10. The number of allylic oxidation sites excluding steroid dienone is 1. The number of benzene rings is 2. The highest BCUT2D eigenvalue weighted by Crippen LogP contribution is 2.33. The number of fused-ring (bicyclic) bond motifs is 2. The quantitative estimate of drug-likeness (QED) is 0.467. The molecule has 0 saturated carbocycles.